The van der Waals surface area contributed by atoms with Crippen LogP contribution in [0.25, 0.3) is 0 Å². The van der Waals surface area contributed by atoms with Crippen LogP contribution in [-0.2, 0) is 4.79 Å². The van der Waals surface area contributed by atoms with Gasteiger partial charge in [-0.2, -0.15) is 11.8 Å². The molecule has 3 aliphatic rings. The van der Waals surface area contributed by atoms with Crippen molar-refractivity contribution in [3.63, 3.8) is 0 Å². The van der Waals surface area contributed by atoms with Crippen molar-refractivity contribution < 1.29 is 4.79 Å². The minimum atomic E-state index is 0. The smallest absolute Gasteiger partial charge is 0.224 e. The summed E-state index contributed by atoms with van der Waals surface area (Å²) in [6.07, 6.45) is 4.81. The molecule has 3 fully saturated rings. The lowest BCUT2D eigenvalue weighted by molar-refractivity contribution is -0.130. The highest BCUT2D eigenvalue weighted by molar-refractivity contribution is 7.99. The Kier molecular flexibility index (Phi) is 5.22. The second kappa shape index (κ2) is 6.49. The van der Waals surface area contributed by atoms with Crippen LogP contribution in [0.1, 0.15) is 25.7 Å². The van der Waals surface area contributed by atoms with Gasteiger partial charge in [0.25, 0.3) is 0 Å². The normalized spacial score (nSPS) is 35.1. The van der Waals surface area contributed by atoms with Crippen LogP contribution >= 0.6 is 24.2 Å². The molecule has 2 heterocycles. The highest BCUT2D eigenvalue weighted by Gasteiger charge is 2.38. The first-order chi connectivity index (χ1) is 8.33. The van der Waals surface area contributed by atoms with Gasteiger partial charge in [0.05, 0.1) is 0 Å². The molecule has 0 aromatic heterocycles. The molecular formula is C13H23ClN2OS. The fraction of sp³-hybridized carbons (Fsp3) is 0.923. The van der Waals surface area contributed by atoms with Crippen LogP contribution in [0.3, 0.4) is 0 Å². The second-order valence-electron chi connectivity index (χ2n) is 5.68. The largest absolute Gasteiger partial charge is 0.342 e. The molecule has 3 atom stereocenters. The third kappa shape index (κ3) is 3.14. The Morgan fingerprint density at radius 2 is 2.00 bits per heavy atom. The maximum Gasteiger partial charge on any atom is 0.224 e. The fourth-order valence-electron chi connectivity index (χ4n) is 3.53. The van der Waals surface area contributed by atoms with Crippen LogP contribution in [0.2, 0.25) is 0 Å². The van der Waals surface area contributed by atoms with Crippen molar-refractivity contribution in [1.82, 2.24) is 10.2 Å². The lowest BCUT2D eigenvalue weighted by atomic mass is 10.0. The molecular weight excluding hydrogens is 268 g/mol. The van der Waals surface area contributed by atoms with Crippen LogP contribution in [0.4, 0.5) is 0 Å². The molecule has 104 valence electrons. The lowest BCUT2D eigenvalue weighted by Crippen LogP contribution is -2.42. The second-order valence-corrected chi connectivity index (χ2v) is 6.83. The van der Waals surface area contributed by atoms with Gasteiger partial charge in [0.2, 0.25) is 5.91 Å². The van der Waals surface area contributed by atoms with Crippen LogP contribution in [-0.4, -0.2) is 48.0 Å². The third-order valence-corrected chi connectivity index (χ3v) is 5.63. The number of nitrogens with zero attached hydrogens (tertiary/aromatic N) is 1. The predicted molar refractivity (Wildman–Crippen MR) is 78.4 cm³/mol. The zero-order valence-electron chi connectivity index (χ0n) is 10.8. The van der Waals surface area contributed by atoms with Gasteiger partial charge in [-0.05, 0) is 24.7 Å². The van der Waals surface area contributed by atoms with E-state index in [-0.39, 0.29) is 12.4 Å². The molecule has 1 saturated carbocycles. The fourth-order valence-corrected chi connectivity index (χ4v) is 4.48. The molecule has 18 heavy (non-hydrogen) atoms. The third-order valence-electron chi connectivity index (χ3n) is 4.50. The molecule has 0 aromatic rings. The topological polar surface area (TPSA) is 32.3 Å². The number of hydrogen-bond acceptors (Lipinski definition) is 3. The maximum atomic E-state index is 12.2. The Morgan fingerprint density at radius 3 is 2.61 bits per heavy atom. The Labute approximate surface area is 120 Å². The number of rotatable bonds is 2. The Morgan fingerprint density at radius 1 is 1.28 bits per heavy atom. The summed E-state index contributed by atoms with van der Waals surface area (Å²) in [5.41, 5.74) is 0. The van der Waals surface area contributed by atoms with E-state index in [9.17, 15) is 4.79 Å². The van der Waals surface area contributed by atoms with Crippen molar-refractivity contribution in [2.24, 2.45) is 11.8 Å². The first-order valence-electron chi connectivity index (χ1n) is 6.92. The number of carbonyl (C=O) groups is 1. The van der Waals surface area contributed by atoms with E-state index in [0.29, 0.717) is 18.4 Å². The van der Waals surface area contributed by atoms with Crippen molar-refractivity contribution >= 4 is 30.1 Å². The van der Waals surface area contributed by atoms with Gasteiger partial charge in [0.1, 0.15) is 0 Å². The summed E-state index contributed by atoms with van der Waals surface area (Å²) >= 11 is 1.97. The summed E-state index contributed by atoms with van der Waals surface area (Å²) < 4.78 is 0. The molecule has 3 nitrogen and oxygen atoms in total. The summed E-state index contributed by atoms with van der Waals surface area (Å²) in [6, 6.07) is 0.418. The Hall–Kier alpha value is 0.0700. The van der Waals surface area contributed by atoms with E-state index in [1.807, 2.05) is 11.8 Å². The van der Waals surface area contributed by atoms with Crippen LogP contribution in [0, 0.1) is 11.8 Å². The van der Waals surface area contributed by atoms with Crippen molar-refractivity contribution in [2.75, 3.05) is 31.1 Å². The molecule has 2 saturated heterocycles. The Bertz CT molecular complexity index is 285. The minimum Gasteiger partial charge on any atom is -0.342 e. The van der Waals surface area contributed by atoms with Crippen LogP contribution < -0.4 is 5.32 Å². The SMILES string of the molecule is Cl.O=C(CC1CSCCN1)N1CC2CCCC2C1. The highest BCUT2D eigenvalue weighted by Crippen LogP contribution is 2.37. The van der Waals surface area contributed by atoms with E-state index in [4.69, 9.17) is 0 Å². The summed E-state index contributed by atoms with van der Waals surface area (Å²) in [7, 11) is 0. The minimum absolute atomic E-state index is 0. The van der Waals surface area contributed by atoms with Crippen LogP contribution in [0.5, 0.6) is 0 Å². The van der Waals surface area contributed by atoms with E-state index in [1.54, 1.807) is 0 Å². The van der Waals surface area contributed by atoms with Crippen molar-refractivity contribution in [3.05, 3.63) is 0 Å². The van der Waals surface area contributed by atoms with Gasteiger partial charge in [0, 0.05) is 43.6 Å². The molecule has 1 amide bonds. The summed E-state index contributed by atoms with van der Waals surface area (Å²) in [5.74, 6) is 4.34. The molecule has 1 N–H and O–H groups in total. The first-order valence-corrected chi connectivity index (χ1v) is 8.07. The monoisotopic (exact) mass is 290 g/mol. The highest BCUT2D eigenvalue weighted by atomic mass is 35.5. The van der Waals surface area contributed by atoms with Gasteiger partial charge in [-0.3, -0.25) is 4.79 Å². The quantitative estimate of drug-likeness (QED) is 0.841. The number of nitrogens with one attached hydrogen (secondary N) is 1. The standard InChI is InChI=1S/C13H22N2OS.ClH/c16-13(6-12-9-17-5-4-14-12)15-7-10-2-1-3-11(10)8-15;/h10-12,14H,1-9H2;1H. The first kappa shape index (κ1) is 14.5. The van der Waals surface area contributed by atoms with Crippen molar-refractivity contribution in [3.8, 4) is 0 Å². The lowest BCUT2D eigenvalue weighted by Gasteiger charge is -2.25. The molecule has 5 heteroatoms. The van der Waals surface area contributed by atoms with Crippen LogP contribution in [0.15, 0.2) is 0 Å². The molecule has 1 aliphatic carbocycles. The average Bonchev–Trinajstić information content (AvgIpc) is 2.90. The zero-order valence-corrected chi connectivity index (χ0v) is 12.4. The van der Waals surface area contributed by atoms with Gasteiger partial charge in [-0.15, -0.1) is 12.4 Å². The average molecular weight is 291 g/mol. The zero-order chi connectivity index (χ0) is 11.7. The number of carbonyl (C=O) groups excluding carboxylic acids is 1. The number of halogens is 1. The predicted octanol–water partition coefficient (Wildman–Crippen LogP) is 1.76. The molecule has 3 unspecified atom stereocenters. The molecule has 0 spiro atoms. The summed E-state index contributed by atoms with van der Waals surface area (Å²) in [5, 5.41) is 3.46. The maximum absolute atomic E-state index is 12.2. The number of thioether (sulfide) groups is 1. The summed E-state index contributed by atoms with van der Waals surface area (Å²) in [6.45, 7) is 3.15. The van der Waals surface area contributed by atoms with E-state index >= 15 is 0 Å². The molecule has 2 aliphatic heterocycles. The Balaban J connectivity index is 0.00000120. The van der Waals surface area contributed by atoms with Crippen molar-refractivity contribution in [1.29, 1.82) is 0 Å². The summed E-state index contributed by atoms with van der Waals surface area (Å²) in [4.78, 5) is 14.4. The number of likely N-dealkylation sites (tertiary alicyclic amines) is 1. The van der Waals surface area contributed by atoms with E-state index in [2.05, 4.69) is 10.2 Å². The van der Waals surface area contributed by atoms with E-state index in [0.717, 1.165) is 37.2 Å². The van der Waals surface area contributed by atoms with Gasteiger partial charge in [-0.1, -0.05) is 6.42 Å². The number of fused-ring (bicyclic) bond motifs is 1. The number of hydrogen-bond donors (Lipinski definition) is 1. The van der Waals surface area contributed by atoms with E-state index in [1.165, 1.54) is 25.0 Å². The van der Waals surface area contributed by atoms with Gasteiger partial charge < -0.3 is 10.2 Å². The van der Waals surface area contributed by atoms with Crippen molar-refractivity contribution in [2.45, 2.75) is 31.7 Å². The molecule has 0 aromatic carbocycles. The molecule has 3 rings (SSSR count). The van der Waals surface area contributed by atoms with Gasteiger partial charge in [0.15, 0.2) is 0 Å². The molecule has 0 radical (unpaired) electrons. The molecule has 0 bridgehead atoms. The van der Waals surface area contributed by atoms with Gasteiger partial charge in [-0.25, -0.2) is 0 Å². The van der Waals surface area contributed by atoms with Gasteiger partial charge >= 0.3 is 0 Å². The number of amides is 1. The van der Waals surface area contributed by atoms with E-state index < -0.39 is 0 Å².